The zero-order valence-electron chi connectivity index (χ0n) is 9.48. The normalized spacial score (nSPS) is 20.9. The van der Waals surface area contributed by atoms with E-state index in [2.05, 4.69) is 5.32 Å². The van der Waals surface area contributed by atoms with Gasteiger partial charge in [-0.1, -0.05) is 24.3 Å². The first-order valence-corrected chi connectivity index (χ1v) is 5.89. The molecule has 0 aromatic heterocycles. The van der Waals surface area contributed by atoms with Crippen molar-refractivity contribution in [1.29, 1.82) is 0 Å². The van der Waals surface area contributed by atoms with Gasteiger partial charge in [0.2, 0.25) is 0 Å². The van der Waals surface area contributed by atoms with Gasteiger partial charge in [-0.25, -0.2) is 0 Å². The minimum atomic E-state index is 0.105. The van der Waals surface area contributed by atoms with Crippen LogP contribution in [0.4, 0.5) is 0 Å². The van der Waals surface area contributed by atoms with Gasteiger partial charge in [-0.2, -0.15) is 0 Å². The van der Waals surface area contributed by atoms with Crippen molar-refractivity contribution in [2.75, 3.05) is 13.1 Å². The Morgan fingerprint density at radius 2 is 2.00 bits per heavy atom. The van der Waals surface area contributed by atoms with E-state index in [4.69, 9.17) is 9.84 Å². The van der Waals surface area contributed by atoms with Crippen molar-refractivity contribution in [2.45, 2.75) is 32.2 Å². The van der Waals surface area contributed by atoms with Crippen molar-refractivity contribution in [1.82, 2.24) is 5.32 Å². The van der Waals surface area contributed by atoms with E-state index >= 15 is 0 Å². The van der Waals surface area contributed by atoms with Crippen LogP contribution in [0.3, 0.4) is 0 Å². The molecule has 0 aliphatic carbocycles. The average molecular weight is 221 g/mol. The molecule has 0 amide bonds. The highest BCUT2D eigenvalue weighted by molar-refractivity contribution is 5.21. The molecule has 1 aromatic rings. The second-order valence-electron chi connectivity index (χ2n) is 4.25. The van der Waals surface area contributed by atoms with Gasteiger partial charge in [-0.05, 0) is 30.5 Å². The standard InChI is InChI=1S/C13H19NO2/c15-9-11-3-5-12(6-4-11)10-16-13-2-1-7-14-8-13/h3-6,13-15H,1-2,7-10H2/t13-/m0/s1. The molecule has 1 heterocycles. The maximum atomic E-state index is 8.92. The molecule has 3 nitrogen and oxygen atoms in total. The SMILES string of the molecule is OCc1ccc(CO[C@H]2CCCNC2)cc1. The van der Waals surface area contributed by atoms with Crippen LogP contribution in [0.25, 0.3) is 0 Å². The van der Waals surface area contributed by atoms with Crippen LogP contribution < -0.4 is 5.32 Å². The summed E-state index contributed by atoms with van der Waals surface area (Å²) >= 11 is 0. The third kappa shape index (κ3) is 3.30. The van der Waals surface area contributed by atoms with Gasteiger partial charge in [-0.15, -0.1) is 0 Å². The van der Waals surface area contributed by atoms with Crippen LogP contribution in [-0.2, 0) is 18.0 Å². The highest BCUT2D eigenvalue weighted by Crippen LogP contribution is 2.11. The molecule has 1 atom stereocenters. The summed E-state index contributed by atoms with van der Waals surface area (Å²) in [5.41, 5.74) is 2.12. The first-order valence-electron chi connectivity index (χ1n) is 5.89. The fraction of sp³-hybridized carbons (Fsp3) is 0.538. The molecule has 0 bridgehead atoms. The quantitative estimate of drug-likeness (QED) is 0.808. The predicted octanol–water partition coefficient (Wildman–Crippen LogP) is 1.45. The van der Waals surface area contributed by atoms with Crippen LogP contribution >= 0.6 is 0 Å². The van der Waals surface area contributed by atoms with Gasteiger partial charge in [0.05, 0.1) is 19.3 Å². The lowest BCUT2D eigenvalue weighted by molar-refractivity contribution is 0.0253. The number of rotatable bonds is 4. The van der Waals surface area contributed by atoms with Crippen LogP contribution in [-0.4, -0.2) is 24.3 Å². The van der Waals surface area contributed by atoms with Gasteiger partial charge in [0.15, 0.2) is 0 Å². The highest BCUT2D eigenvalue weighted by atomic mass is 16.5. The molecule has 0 spiro atoms. The van der Waals surface area contributed by atoms with Crippen molar-refractivity contribution in [3.8, 4) is 0 Å². The summed E-state index contributed by atoms with van der Waals surface area (Å²) in [6.07, 6.45) is 2.71. The zero-order valence-corrected chi connectivity index (χ0v) is 9.48. The van der Waals surface area contributed by atoms with Crippen molar-refractivity contribution in [2.24, 2.45) is 0 Å². The molecule has 1 saturated heterocycles. The Bertz CT molecular complexity index is 304. The molecular formula is C13H19NO2. The topological polar surface area (TPSA) is 41.5 Å². The maximum Gasteiger partial charge on any atom is 0.0721 e. The van der Waals surface area contributed by atoms with E-state index in [9.17, 15) is 0 Å². The molecule has 2 N–H and O–H groups in total. The predicted molar refractivity (Wildman–Crippen MR) is 63.0 cm³/mol. The molecule has 16 heavy (non-hydrogen) atoms. The van der Waals surface area contributed by atoms with Gasteiger partial charge >= 0.3 is 0 Å². The monoisotopic (exact) mass is 221 g/mol. The Kier molecular flexibility index (Phi) is 4.34. The molecule has 0 unspecified atom stereocenters. The number of aliphatic hydroxyl groups is 1. The molecule has 1 fully saturated rings. The summed E-state index contributed by atoms with van der Waals surface area (Å²) < 4.78 is 5.82. The molecule has 1 aliphatic heterocycles. The van der Waals surface area contributed by atoms with Gasteiger partial charge < -0.3 is 15.2 Å². The lowest BCUT2D eigenvalue weighted by atomic mass is 10.1. The van der Waals surface area contributed by atoms with E-state index in [0.29, 0.717) is 12.7 Å². The molecule has 2 rings (SSSR count). The van der Waals surface area contributed by atoms with Gasteiger partial charge in [0.1, 0.15) is 0 Å². The fourth-order valence-corrected chi connectivity index (χ4v) is 1.92. The smallest absolute Gasteiger partial charge is 0.0721 e. The van der Waals surface area contributed by atoms with Crippen LogP contribution in [0.5, 0.6) is 0 Å². The molecule has 1 aromatic carbocycles. The Morgan fingerprint density at radius 1 is 1.25 bits per heavy atom. The summed E-state index contributed by atoms with van der Waals surface area (Å²) in [6, 6.07) is 7.92. The molecule has 1 aliphatic rings. The maximum absolute atomic E-state index is 8.92. The van der Waals surface area contributed by atoms with Crippen LogP contribution in [0.1, 0.15) is 24.0 Å². The molecule has 0 radical (unpaired) electrons. The number of piperidine rings is 1. The number of nitrogens with one attached hydrogen (secondary N) is 1. The summed E-state index contributed by atoms with van der Waals surface area (Å²) in [7, 11) is 0. The van der Waals surface area contributed by atoms with E-state index in [1.54, 1.807) is 0 Å². The van der Waals surface area contributed by atoms with E-state index in [1.165, 1.54) is 12.0 Å². The lowest BCUT2D eigenvalue weighted by Crippen LogP contribution is -2.35. The Morgan fingerprint density at radius 3 is 2.62 bits per heavy atom. The fourth-order valence-electron chi connectivity index (χ4n) is 1.92. The lowest BCUT2D eigenvalue weighted by Gasteiger charge is -2.23. The summed E-state index contributed by atoms with van der Waals surface area (Å²) in [5, 5.41) is 12.3. The minimum Gasteiger partial charge on any atom is -0.392 e. The van der Waals surface area contributed by atoms with Crippen LogP contribution in [0, 0.1) is 0 Å². The van der Waals surface area contributed by atoms with Gasteiger partial charge in [-0.3, -0.25) is 0 Å². The van der Waals surface area contributed by atoms with E-state index in [0.717, 1.165) is 25.1 Å². The molecule has 88 valence electrons. The minimum absolute atomic E-state index is 0.105. The third-order valence-electron chi connectivity index (χ3n) is 2.94. The van der Waals surface area contributed by atoms with Crippen molar-refractivity contribution in [3.63, 3.8) is 0 Å². The van der Waals surface area contributed by atoms with E-state index in [1.807, 2.05) is 24.3 Å². The number of benzene rings is 1. The van der Waals surface area contributed by atoms with Gasteiger partial charge in [0, 0.05) is 6.54 Å². The average Bonchev–Trinajstić information content (AvgIpc) is 2.38. The van der Waals surface area contributed by atoms with E-state index < -0.39 is 0 Å². The summed E-state index contributed by atoms with van der Waals surface area (Å²) in [4.78, 5) is 0. The number of ether oxygens (including phenoxy) is 1. The number of hydrogen-bond donors (Lipinski definition) is 2. The number of aliphatic hydroxyl groups excluding tert-OH is 1. The Labute approximate surface area is 96.4 Å². The first-order chi connectivity index (χ1) is 7.88. The largest absolute Gasteiger partial charge is 0.392 e. The van der Waals surface area contributed by atoms with Crippen molar-refractivity contribution in [3.05, 3.63) is 35.4 Å². The second kappa shape index (κ2) is 5.99. The van der Waals surface area contributed by atoms with Gasteiger partial charge in [0.25, 0.3) is 0 Å². The van der Waals surface area contributed by atoms with Crippen molar-refractivity contribution >= 4 is 0 Å². The number of hydrogen-bond acceptors (Lipinski definition) is 3. The highest BCUT2D eigenvalue weighted by Gasteiger charge is 2.12. The molecular weight excluding hydrogens is 202 g/mol. The zero-order chi connectivity index (χ0) is 11.2. The molecule has 3 heteroatoms. The van der Waals surface area contributed by atoms with E-state index in [-0.39, 0.29) is 6.61 Å². The third-order valence-corrected chi connectivity index (χ3v) is 2.94. The Hall–Kier alpha value is -0.900. The Balaban J connectivity index is 1.79. The summed E-state index contributed by atoms with van der Waals surface area (Å²) in [5.74, 6) is 0. The summed E-state index contributed by atoms with van der Waals surface area (Å²) in [6.45, 7) is 2.85. The van der Waals surface area contributed by atoms with Crippen molar-refractivity contribution < 1.29 is 9.84 Å². The first kappa shape index (κ1) is 11.6. The van der Waals surface area contributed by atoms with Crippen LogP contribution in [0.15, 0.2) is 24.3 Å². The second-order valence-corrected chi connectivity index (χ2v) is 4.25. The van der Waals surface area contributed by atoms with Crippen LogP contribution in [0.2, 0.25) is 0 Å². The molecule has 0 saturated carbocycles.